The van der Waals surface area contributed by atoms with Gasteiger partial charge in [-0.3, -0.25) is 9.59 Å². The fraction of sp³-hybridized carbons (Fsp3) is 0.579. The molecule has 0 aromatic heterocycles. The van der Waals surface area contributed by atoms with Crippen LogP contribution in [0.4, 0.5) is 5.69 Å². The number of carbonyl (C=O) groups excluding carboxylic acids is 2. The Morgan fingerprint density at radius 1 is 1.35 bits per heavy atom. The summed E-state index contributed by atoms with van der Waals surface area (Å²) in [4.78, 5) is 26.6. The third-order valence-corrected chi connectivity index (χ3v) is 4.67. The van der Waals surface area contributed by atoms with E-state index in [1.165, 1.54) is 0 Å². The number of likely N-dealkylation sites (tertiary alicyclic amines) is 1. The molecule has 1 saturated heterocycles. The molecular weight excluding hydrogens is 288 g/mol. The van der Waals surface area contributed by atoms with E-state index in [0.717, 1.165) is 17.7 Å². The molecule has 0 bridgehead atoms. The number of anilines is 1. The smallest absolute Gasteiger partial charge is 0.229 e. The highest BCUT2D eigenvalue weighted by Gasteiger charge is 2.39. The Hall–Kier alpha value is -1.84. The van der Waals surface area contributed by atoms with Crippen molar-refractivity contribution >= 4 is 17.5 Å². The standard InChI is InChI=1S/C19H28N2O2/c1-6-13(2)15-9-7-8-10-16(15)20-18(23)14-11-17(22)21(12-14)19(3,4)5/h7-10,13-14H,6,11-12H2,1-5H3,(H,20,23)/t13-,14+/m1/s1. The van der Waals surface area contributed by atoms with Crippen molar-refractivity contribution in [2.45, 2.75) is 58.9 Å². The van der Waals surface area contributed by atoms with Gasteiger partial charge in [0, 0.05) is 24.2 Å². The normalized spacial score (nSPS) is 19.8. The van der Waals surface area contributed by atoms with E-state index in [0.29, 0.717) is 18.9 Å². The minimum Gasteiger partial charge on any atom is -0.337 e. The van der Waals surface area contributed by atoms with Crippen LogP contribution in [0.15, 0.2) is 24.3 Å². The average molecular weight is 316 g/mol. The lowest BCUT2D eigenvalue weighted by Crippen LogP contribution is -2.42. The molecule has 0 radical (unpaired) electrons. The summed E-state index contributed by atoms with van der Waals surface area (Å²) in [6, 6.07) is 7.93. The Morgan fingerprint density at radius 3 is 2.57 bits per heavy atom. The molecule has 1 aromatic carbocycles. The predicted molar refractivity (Wildman–Crippen MR) is 93.4 cm³/mol. The van der Waals surface area contributed by atoms with Crippen molar-refractivity contribution in [3.8, 4) is 0 Å². The van der Waals surface area contributed by atoms with Crippen LogP contribution in [-0.2, 0) is 9.59 Å². The van der Waals surface area contributed by atoms with Crippen LogP contribution in [-0.4, -0.2) is 28.8 Å². The van der Waals surface area contributed by atoms with Gasteiger partial charge in [-0.05, 0) is 44.7 Å². The van der Waals surface area contributed by atoms with Crippen LogP contribution >= 0.6 is 0 Å². The molecule has 1 aliphatic rings. The highest BCUT2D eigenvalue weighted by atomic mass is 16.2. The summed E-state index contributed by atoms with van der Waals surface area (Å²) in [5.74, 6) is 0.128. The van der Waals surface area contributed by atoms with E-state index in [4.69, 9.17) is 0 Å². The van der Waals surface area contributed by atoms with Gasteiger partial charge in [-0.2, -0.15) is 0 Å². The van der Waals surface area contributed by atoms with Crippen LogP contribution in [0, 0.1) is 5.92 Å². The summed E-state index contributed by atoms with van der Waals surface area (Å²) in [6.07, 6.45) is 1.32. The van der Waals surface area contributed by atoms with Gasteiger partial charge in [0.25, 0.3) is 0 Å². The number of carbonyl (C=O) groups is 2. The number of rotatable bonds is 4. The SMILES string of the molecule is CC[C@@H](C)c1ccccc1NC(=O)[C@H]1CC(=O)N(C(C)(C)C)C1. The van der Waals surface area contributed by atoms with E-state index in [2.05, 4.69) is 25.2 Å². The van der Waals surface area contributed by atoms with Crippen molar-refractivity contribution in [3.63, 3.8) is 0 Å². The minimum absolute atomic E-state index is 0.0548. The summed E-state index contributed by atoms with van der Waals surface area (Å²) in [7, 11) is 0. The summed E-state index contributed by atoms with van der Waals surface area (Å²) < 4.78 is 0. The lowest BCUT2D eigenvalue weighted by atomic mass is 9.96. The third-order valence-electron chi connectivity index (χ3n) is 4.67. The number of nitrogens with one attached hydrogen (secondary N) is 1. The van der Waals surface area contributed by atoms with Crippen molar-refractivity contribution in [3.05, 3.63) is 29.8 Å². The Morgan fingerprint density at radius 2 is 2.00 bits per heavy atom. The first-order chi connectivity index (χ1) is 10.7. The Labute approximate surface area is 139 Å². The third kappa shape index (κ3) is 3.92. The van der Waals surface area contributed by atoms with Gasteiger partial charge in [-0.1, -0.05) is 32.0 Å². The van der Waals surface area contributed by atoms with Gasteiger partial charge < -0.3 is 10.2 Å². The van der Waals surface area contributed by atoms with E-state index < -0.39 is 0 Å². The second-order valence-electron chi connectivity index (χ2n) is 7.46. The van der Waals surface area contributed by atoms with Crippen molar-refractivity contribution in [2.24, 2.45) is 5.92 Å². The average Bonchev–Trinajstić information content (AvgIpc) is 2.89. The molecule has 1 aromatic rings. The van der Waals surface area contributed by atoms with E-state index in [-0.39, 0.29) is 23.3 Å². The van der Waals surface area contributed by atoms with Crippen LogP contribution in [0.3, 0.4) is 0 Å². The molecule has 23 heavy (non-hydrogen) atoms. The van der Waals surface area contributed by atoms with Gasteiger partial charge in [-0.25, -0.2) is 0 Å². The fourth-order valence-electron chi connectivity index (χ4n) is 3.03. The lowest BCUT2D eigenvalue weighted by molar-refractivity contribution is -0.131. The molecule has 1 fully saturated rings. The van der Waals surface area contributed by atoms with Gasteiger partial charge in [0.05, 0.1) is 5.92 Å². The summed E-state index contributed by atoms with van der Waals surface area (Å²) in [6.45, 7) is 10.8. The Bertz CT molecular complexity index is 589. The van der Waals surface area contributed by atoms with Crippen LogP contribution in [0.2, 0.25) is 0 Å². The molecule has 2 atom stereocenters. The zero-order valence-electron chi connectivity index (χ0n) is 14.8. The van der Waals surface area contributed by atoms with Gasteiger partial charge in [0.1, 0.15) is 0 Å². The number of para-hydroxylation sites is 1. The Kier molecular flexibility index (Phi) is 5.12. The largest absolute Gasteiger partial charge is 0.337 e. The van der Waals surface area contributed by atoms with Gasteiger partial charge in [-0.15, -0.1) is 0 Å². The van der Waals surface area contributed by atoms with E-state index in [1.54, 1.807) is 4.90 Å². The first kappa shape index (κ1) is 17.5. The number of hydrogen-bond donors (Lipinski definition) is 1. The van der Waals surface area contributed by atoms with Crippen LogP contribution in [0.25, 0.3) is 0 Å². The van der Waals surface area contributed by atoms with Crippen molar-refractivity contribution < 1.29 is 9.59 Å². The first-order valence-electron chi connectivity index (χ1n) is 8.44. The molecular formula is C19H28N2O2. The van der Waals surface area contributed by atoms with Crippen molar-refractivity contribution in [1.29, 1.82) is 0 Å². The molecule has 4 heteroatoms. The zero-order chi connectivity index (χ0) is 17.2. The number of benzene rings is 1. The molecule has 0 saturated carbocycles. The van der Waals surface area contributed by atoms with Crippen molar-refractivity contribution in [1.82, 2.24) is 4.90 Å². The topological polar surface area (TPSA) is 49.4 Å². The van der Waals surface area contributed by atoms with Crippen LogP contribution in [0.5, 0.6) is 0 Å². The maximum atomic E-state index is 12.6. The molecule has 1 N–H and O–H groups in total. The van der Waals surface area contributed by atoms with Gasteiger partial charge >= 0.3 is 0 Å². The second kappa shape index (κ2) is 6.73. The quantitative estimate of drug-likeness (QED) is 0.919. The summed E-state index contributed by atoms with van der Waals surface area (Å²) >= 11 is 0. The molecule has 1 heterocycles. The predicted octanol–water partition coefficient (Wildman–Crippen LogP) is 3.79. The molecule has 0 unspecified atom stereocenters. The van der Waals surface area contributed by atoms with Crippen LogP contribution in [0.1, 0.15) is 58.9 Å². The molecule has 126 valence electrons. The maximum absolute atomic E-state index is 12.6. The van der Waals surface area contributed by atoms with E-state index in [1.807, 2.05) is 39.0 Å². The molecule has 0 spiro atoms. The number of nitrogens with zero attached hydrogens (tertiary/aromatic N) is 1. The van der Waals surface area contributed by atoms with Gasteiger partial charge in [0.2, 0.25) is 11.8 Å². The number of amides is 2. The second-order valence-corrected chi connectivity index (χ2v) is 7.46. The summed E-state index contributed by atoms with van der Waals surface area (Å²) in [5, 5.41) is 3.04. The molecule has 1 aliphatic heterocycles. The Balaban J connectivity index is 2.11. The molecule has 4 nitrogen and oxygen atoms in total. The summed E-state index contributed by atoms with van der Waals surface area (Å²) in [5.41, 5.74) is 1.79. The van der Waals surface area contributed by atoms with E-state index in [9.17, 15) is 9.59 Å². The highest BCUT2D eigenvalue weighted by molar-refractivity contribution is 5.97. The van der Waals surface area contributed by atoms with E-state index >= 15 is 0 Å². The lowest BCUT2D eigenvalue weighted by Gasteiger charge is -2.32. The highest BCUT2D eigenvalue weighted by Crippen LogP contribution is 2.29. The first-order valence-corrected chi connectivity index (χ1v) is 8.44. The number of hydrogen-bond acceptors (Lipinski definition) is 2. The molecule has 2 amide bonds. The fourth-order valence-corrected chi connectivity index (χ4v) is 3.03. The monoisotopic (exact) mass is 316 g/mol. The van der Waals surface area contributed by atoms with Gasteiger partial charge in [0.15, 0.2) is 0 Å². The minimum atomic E-state index is -0.272. The molecule has 0 aliphatic carbocycles. The maximum Gasteiger partial charge on any atom is 0.229 e. The molecule has 2 rings (SSSR count). The van der Waals surface area contributed by atoms with Crippen LogP contribution < -0.4 is 5.32 Å². The zero-order valence-corrected chi connectivity index (χ0v) is 14.8. The van der Waals surface area contributed by atoms with Crippen molar-refractivity contribution in [2.75, 3.05) is 11.9 Å².